The van der Waals surface area contributed by atoms with Crippen molar-refractivity contribution in [3.05, 3.63) is 42.0 Å². The molecule has 0 aliphatic carbocycles. The number of hydrogen-bond acceptors (Lipinski definition) is 8. The molecule has 1 aliphatic rings. The molecule has 1 heterocycles. The van der Waals surface area contributed by atoms with Gasteiger partial charge in [0.25, 0.3) is 11.8 Å². The molecule has 7 amide bonds. The highest BCUT2D eigenvalue weighted by Crippen LogP contribution is 2.12. The minimum atomic E-state index is -0.985. The van der Waals surface area contributed by atoms with Gasteiger partial charge in [0.05, 0.1) is 26.4 Å². The van der Waals surface area contributed by atoms with Gasteiger partial charge in [0.1, 0.15) is 12.1 Å². The molecular weight excluding hydrogens is 536 g/mol. The van der Waals surface area contributed by atoms with Crippen LogP contribution in [0, 0.1) is 5.92 Å². The third-order valence-corrected chi connectivity index (χ3v) is 6.10. The Morgan fingerprint density at radius 2 is 1.63 bits per heavy atom. The first kappa shape index (κ1) is 32.9. The summed E-state index contributed by atoms with van der Waals surface area (Å²) in [5, 5.41) is 19.7. The summed E-state index contributed by atoms with van der Waals surface area (Å²) in [5.74, 6) is -2.67. The van der Waals surface area contributed by atoms with Gasteiger partial charge in [0.15, 0.2) is 0 Å². The Labute approximate surface area is 238 Å². The van der Waals surface area contributed by atoms with E-state index >= 15 is 0 Å². The molecule has 0 spiro atoms. The second-order valence-electron chi connectivity index (χ2n) is 9.65. The first-order valence-electron chi connectivity index (χ1n) is 13.3. The maximum atomic E-state index is 13.2. The molecule has 14 nitrogen and oxygen atoms in total. The van der Waals surface area contributed by atoms with E-state index in [0.717, 1.165) is 4.90 Å². The van der Waals surface area contributed by atoms with Crippen LogP contribution in [0.1, 0.15) is 38.7 Å². The summed E-state index contributed by atoms with van der Waals surface area (Å²) in [4.78, 5) is 73.8. The van der Waals surface area contributed by atoms with Crippen molar-refractivity contribution >= 4 is 41.3 Å². The van der Waals surface area contributed by atoms with Gasteiger partial charge < -0.3 is 36.8 Å². The zero-order chi connectivity index (χ0) is 30.4. The molecule has 0 aromatic heterocycles. The van der Waals surface area contributed by atoms with Crippen molar-refractivity contribution < 1.29 is 38.6 Å². The first-order chi connectivity index (χ1) is 19.5. The van der Waals surface area contributed by atoms with Gasteiger partial charge in [-0.15, -0.1) is 0 Å². The second kappa shape index (κ2) is 16.7. The molecule has 0 fully saturated rings. The van der Waals surface area contributed by atoms with E-state index in [-0.39, 0.29) is 51.7 Å². The third kappa shape index (κ3) is 11.4. The number of carbonyl (C=O) groups is 6. The number of carbonyl (C=O) groups excluding carboxylic acids is 6. The number of aliphatic hydroxyl groups excluding tert-OH is 1. The summed E-state index contributed by atoms with van der Waals surface area (Å²) in [6, 6.07) is 3.90. The van der Waals surface area contributed by atoms with Gasteiger partial charge in [-0.1, -0.05) is 26.0 Å². The second-order valence-corrected chi connectivity index (χ2v) is 9.65. The number of nitrogens with one attached hydrogen (secondary N) is 4. The van der Waals surface area contributed by atoms with Crippen molar-refractivity contribution in [2.24, 2.45) is 11.7 Å². The highest BCUT2D eigenvalue weighted by Gasteiger charge is 2.29. The molecule has 0 saturated carbocycles. The van der Waals surface area contributed by atoms with E-state index in [0.29, 0.717) is 17.7 Å². The smallest absolute Gasteiger partial charge is 0.312 e. The largest absolute Gasteiger partial charge is 0.392 e. The molecule has 0 unspecified atom stereocenters. The number of urea groups is 1. The topological polar surface area (TPSA) is 209 Å². The predicted octanol–water partition coefficient (Wildman–Crippen LogP) is -0.477. The van der Waals surface area contributed by atoms with E-state index in [1.54, 1.807) is 38.1 Å². The van der Waals surface area contributed by atoms with Gasteiger partial charge in [0.2, 0.25) is 17.7 Å². The Hall–Kier alpha value is -4.30. The van der Waals surface area contributed by atoms with Crippen LogP contribution in [-0.4, -0.2) is 84.0 Å². The number of anilines is 1. The number of primary amides is 1. The van der Waals surface area contributed by atoms with Crippen LogP contribution in [0.25, 0.3) is 0 Å². The van der Waals surface area contributed by atoms with E-state index in [1.807, 2.05) is 0 Å². The average molecular weight is 575 g/mol. The molecule has 0 radical (unpaired) electrons. The standard InChI is InChI=1S/C27H38N6O8/c1-17(2)24(32-21(35)11-14-41-15-13-33-22(36)9-10-23(33)37)26(39)31-20(4-3-12-29-27(28)40)25(38)30-19-7-5-18(16-34)6-8-19/h5-10,17,20,24,34H,3-4,11-16H2,1-2H3,(H,30,38)(H,31,39)(H,32,35)(H3,28,29,40)/t20-,24-/m0/s1. The fourth-order valence-electron chi connectivity index (χ4n) is 3.83. The van der Waals surface area contributed by atoms with Crippen LogP contribution in [0.5, 0.6) is 0 Å². The molecule has 2 atom stereocenters. The van der Waals surface area contributed by atoms with Crippen molar-refractivity contribution in [3.8, 4) is 0 Å². The highest BCUT2D eigenvalue weighted by molar-refractivity contribution is 6.12. The van der Waals surface area contributed by atoms with E-state index in [1.165, 1.54) is 12.2 Å². The number of benzene rings is 1. The average Bonchev–Trinajstić information content (AvgIpc) is 3.25. The molecule has 1 aliphatic heterocycles. The number of aliphatic hydroxyl groups is 1. The van der Waals surface area contributed by atoms with Crippen LogP contribution in [0.15, 0.2) is 36.4 Å². The van der Waals surface area contributed by atoms with Gasteiger partial charge in [0, 0.05) is 30.8 Å². The Balaban J connectivity index is 1.92. The molecule has 14 heteroatoms. The van der Waals surface area contributed by atoms with Crippen LogP contribution in [0.3, 0.4) is 0 Å². The highest BCUT2D eigenvalue weighted by atomic mass is 16.5. The van der Waals surface area contributed by atoms with Crippen molar-refractivity contribution in [1.82, 2.24) is 20.9 Å². The molecule has 1 aromatic carbocycles. The van der Waals surface area contributed by atoms with Crippen LogP contribution >= 0.6 is 0 Å². The van der Waals surface area contributed by atoms with Crippen LogP contribution in [0.2, 0.25) is 0 Å². The van der Waals surface area contributed by atoms with Crippen LogP contribution < -0.4 is 27.0 Å². The van der Waals surface area contributed by atoms with Crippen LogP contribution in [-0.2, 0) is 35.3 Å². The SMILES string of the molecule is CC(C)[C@H](NC(=O)CCOCCN1C(=O)C=CC1=O)C(=O)N[C@@H](CCCNC(N)=O)C(=O)Nc1ccc(CO)cc1. The first-order valence-corrected chi connectivity index (χ1v) is 13.3. The van der Waals surface area contributed by atoms with E-state index < -0.39 is 47.7 Å². The lowest BCUT2D eigenvalue weighted by molar-refractivity contribution is -0.138. The molecule has 1 aromatic rings. The van der Waals surface area contributed by atoms with Crippen molar-refractivity contribution in [2.75, 3.05) is 31.6 Å². The minimum Gasteiger partial charge on any atom is -0.392 e. The monoisotopic (exact) mass is 574 g/mol. The van der Waals surface area contributed by atoms with Gasteiger partial charge in [-0.3, -0.25) is 28.9 Å². The number of rotatable bonds is 17. The van der Waals surface area contributed by atoms with Crippen molar-refractivity contribution in [3.63, 3.8) is 0 Å². The number of nitrogens with zero attached hydrogens (tertiary/aromatic N) is 1. The Morgan fingerprint density at radius 1 is 0.976 bits per heavy atom. The normalized spacial score (nSPS) is 14.1. The molecular formula is C27H38N6O8. The Kier molecular flexibility index (Phi) is 13.4. The zero-order valence-electron chi connectivity index (χ0n) is 23.2. The maximum Gasteiger partial charge on any atom is 0.312 e. The minimum absolute atomic E-state index is 0.00881. The van der Waals surface area contributed by atoms with Gasteiger partial charge in [-0.2, -0.15) is 0 Å². The number of hydrogen-bond donors (Lipinski definition) is 6. The fourth-order valence-corrected chi connectivity index (χ4v) is 3.83. The lowest BCUT2D eigenvalue weighted by Gasteiger charge is -2.25. The summed E-state index contributed by atoms with van der Waals surface area (Å²) in [7, 11) is 0. The molecule has 41 heavy (non-hydrogen) atoms. The molecule has 7 N–H and O–H groups in total. The lowest BCUT2D eigenvalue weighted by atomic mass is 10.0. The summed E-state index contributed by atoms with van der Waals surface area (Å²) < 4.78 is 5.36. The molecule has 2 rings (SSSR count). The zero-order valence-corrected chi connectivity index (χ0v) is 23.2. The summed E-state index contributed by atoms with van der Waals surface area (Å²) in [6.45, 7) is 3.67. The van der Waals surface area contributed by atoms with Crippen LogP contribution in [0.4, 0.5) is 10.5 Å². The van der Waals surface area contributed by atoms with Gasteiger partial charge in [-0.05, 0) is 36.5 Å². The quantitative estimate of drug-likeness (QED) is 0.105. The van der Waals surface area contributed by atoms with Crippen molar-refractivity contribution in [1.29, 1.82) is 0 Å². The van der Waals surface area contributed by atoms with E-state index in [2.05, 4.69) is 21.3 Å². The van der Waals surface area contributed by atoms with E-state index in [4.69, 9.17) is 10.5 Å². The number of nitrogens with two attached hydrogens (primary N) is 1. The fraction of sp³-hybridized carbons (Fsp3) is 0.481. The third-order valence-electron chi connectivity index (χ3n) is 6.10. The summed E-state index contributed by atoms with van der Waals surface area (Å²) >= 11 is 0. The predicted molar refractivity (Wildman–Crippen MR) is 148 cm³/mol. The van der Waals surface area contributed by atoms with E-state index in [9.17, 15) is 33.9 Å². The number of imide groups is 1. The van der Waals surface area contributed by atoms with Gasteiger partial charge in [-0.25, -0.2) is 4.79 Å². The Morgan fingerprint density at radius 3 is 2.22 bits per heavy atom. The number of ether oxygens (including phenoxy) is 1. The molecule has 0 saturated heterocycles. The Bertz CT molecular complexity index is 1100. The van der Waals surface area contributed by atoms with Crippen molar-refractivity contribution in [2.45, 2.75) is 51.8 Å². The van der Waals surface area contributed by atoms with Gasteiger partial charge >= 0.3 is 6.03 Å². The lowest BCUT2D eigenvalue weighted by Crippen LogP contribution is -2.54. The molecule has 224 valence electrons. The summed E-state index contributed by atoms with van der Waals surface area (Å²) in [6.07, 6.45) is 2.80. The number of amides is 7. The maximum absolute atomic E-state index is 13.2. The summed E-state index contributed by atoms with van der Waals surface area (Å²) in [5.41, 5.74) is 6.22. The molecule has 0 bridgehead atoms.